The lowest BCUT2D eigenvalue weighted by Gasteiger charge is -2.12. The topological polar surface area (TPSA) is 52.5 Å². The molecule has 0 radical (unpaired) electrons. The van der Waals surface area contributed by atoms with Crippen LogP contribution in [0.15, 0.2) is 12.1 Å². The Kier molecular flexibility index (Phi) is 3.38. The molecule has 1 rings (SSSR count). The lowest BCUT2D eigenvalue weighted by Crippen LogP contribution is -2.17. The zero-order valence-electron chi connectivity index (χ0n) is 7.59. The van der Waals surface area contributed by atoms with Gasteiger partial charge in [-0.2, -0.15) is 4.39 Å². The minimum absolute atomic E-state index is 0.0294. The number of halogens is 2. The monoisotopic (exact) mass is 203 g/mol. The Hall–Kier alpha value is -1.20. The number of likely N-dealkylation sites (N-methyl/N-ethyl adjacent to an activating group) is 1. The van der Waals surface area contributed by atoms with Gasteiger partial charge in [-0.1, -0.05) is 0 Å². The minimum atomic E-state index is -1.34. The van der Waals surface area contributed by atoms with Crippen LogP contribution in [-0.2, 0) is 0 Å². The molecule has 0 aromatic heterocycles. The molecule has 0 bridgehead atoms. The lowest BCUT2D eigenvalue weighted by molar-refractivity contribution is 0.172. The molecular formula is C9H11F2NO2. The van der Waals surface area contributed by atoms with Crippen LogP contribution in [0.25, 0.3) is 0 Å². The maximum atomic E-state index is 12.8. The Morgan fingerprint density at radius 3 is 2.64 bits per heavy atom. The summed E-state index contributed by atoms with van der Waals surface area (Å²) in [6.45, 7) is 0.151. The minimum Gasteiger partial charge on any atom is -0.504 e. The van der Waals surface area contributed by atoms with Crippen LogP contribution in [0.4, 0.5) is 8.78 Å². The van der Waals surface area contributed by atoms with E-state index in [1.807, 2.05) is 0 Å². The molecule has 0 aliphatic rings. The van der Waals surface area contributed by atoms with E-state index in [0.717, 1.165) is 12.1 Å². The van der Waals surface area contributed by atoms with Gasteiger partial charge in [0.15, 0.2) is 11.6 Å². The maximum absolute atomic E-state index is 12.8. The van der Waals surface area contributed by atoms with E-state index in [4.69, 9.17) is 0 Å². The van der Waals surface area contributed by atoms with Crippen molar-refractivity contribution in [2.75, 3.05) is 13.6 Å². The van der Waals surface area contributed by atoms with Crippen LogP contribution in [0.1, 0.15) is 11.7 Å². The van der Waals surface area contributed by atoms with E-state index < -0.39 is 23.5 Å². The molecule has 0 amide bonds. The third-order valence-corrected chi connectivity index (χ3v) is 1.86. The highest BCUT2D eigenvalue weighted by atomic mass is 19.2. The van der Waals surface area contributed by atoms with Gasteiger partial charge in [0.05, 0.1) is 6.10 Å². The van der Waals surface area contributed by atoms with E-state index in [1.165, 1.54) is 0 Å². The largest absolute Gasteiger partial charge is 0.504 e. The average molecular weight is 203 g/mol. The number of aliphatic hydroxyl groups excluding tert-OH is 1. The number of phenols is 1. The van der Waals surface area contributed by atoms with Crippen molar-refractivity contribution in [3.8, 4) is 5.75 Å². The Labute approximate surface area is 80.0 Å². The maximum Gasteiger partial charge on any atom is 0.200 e. The molecule has 0 saturated heterocycles. The van der Waals surface area contributed by atoms with Crippen LogP contribution < -0.4 is 5.32 Å². The van der Waals surface area contributed by atoms with Gasteiger partial charge in [0.2, 0.25) is 5.82 Å². The second kappa shape index (κ2) is 4.34. The van der Waals surface area contributed by atoms with Crippen LogP contribution in [0, 0.1) is 11.6 Å². The summed E-state index contributed by atoms with van der Waals surface area (Å²) >= 11 is 0. The molecule has 1 unspecified atom stereocenters. The van der Waals surface area contributed by atoms with E-state index in [1.54, 1.807) is 7.05 Å². The van der Waals surface area contributed by atoms with Crippen molar-refractivity contribution < 1.29 is 19.0 Å². The summed E-state index contributed by atoms with van der Waals surface area (Å²) in [5.74, 6) is -3.31. The van der Waals surface area contributed by atoms with Gasteiger partial charge in [-0.3, -0.25) is 0 Å². The molecular weight excluding hydrogens is 192 g/mol. The van der Waals surface area contributed by atoms with Crippen LogP contribution >= 0.6 is 0 Å². The van der Waals surface area contributed by atoms with Crippen molar-refractivity contribution in [1.82, 2.24) is 5.32 Å². The molecule has 0 fully saturated rings. The fourth-order valence-corrected chi connectivity index (χ4v) is 1.13. The molecule has 5 heteroatoms. The molecule has 1 aromatic rings. The number of aromatic hydroxyl groups is 1. The highest BCUT2D eigenvalue weighted by Crippen LogP contribution is 2.28. The first-order chi connectivity index (χ1) is 6.57. The summed E-state index contributed by atoms with van der Waals surface area (Å²) in [5.41, 5.74) is -0.0294. The number of nitrogens with one attached hydrogen (secondary N) is 1. The van der Waals surface area contributed by atoms with Gasteiger partial charge in [-0.25, -0.2) is 4.39 Å². The molecule has 78 valence electrons. The van der Waals surface area contributed by atoms with Crippen LogP contribution in [0.2, 0.25) is 0 Å². The summed E-state index contributed by atoms with van der Waals surface area (Å²) in [6.07, 6.45) is -1.06. The van der Waals surface area contributed by atoms with Gasteiger partial charge in [0, 0.05) is 12.1 Å². The third-order valence-electron chi connectivity index (χ3n) is 1.86. The second-order valence-corrected chi connectivity index (χ2v) is 2.87. The standard InChI is InChI=1S/C9H11F2NO2/c1-12-4-7(13)5-2-3-6(10)8(11)9(5)14/h2-3,7,12-14H,4H2,1H3. The molecule has 0 aliphatic heterocycles. The van der Waals surface area contributed by atoms with Crippen molar-refractivity contribution in [3.05, 3.63) is 29.3 Å². The Morgan fingerprint density at radius 1 is 1.43 bits per heavy atom. The van der Waals surface area contributed by atoms with Crippen molar-refractivity contribution in [2.45, 2.75) is 6.10 Å². The molecule has 1 atom stereocenters. The van der Waals surface area contributed by atoms with Crippen molar-refractivity contribution in [2.24, 2.45) is 0 Å². The summed E-state index contributed by atoms with van der Waals surface area (Å²) < 4.78 is 25.4. The van der Waals surface area contributed by atoms with Crippen molar-refractivity contribution >= 4 is 0 Å². The number of hydrogen-bond acceptors (Lipinski definition) is 3. The predicted molar refractivity (Wildman–Crippen MR) is 46.9 cm³/mol. The third kappa shape index (κ3) is 2.00. The van der Waals surface area contributed by atoms with Crippen LogP contribution in [0.3, 0.4) is 0 Å². The van der Waals surface area contributed by atoms with Crippen molar-refractivity contribution in [3.63, 3.8) is 0 Å². The number of hydrogen-bond donors (Lipinski definition) is 3. The van der Waals surface area contributed by atoms with Gasteiger partial charge in [0.1, 0.15) is 0 Å². The fourth-order valence-electron chi connectivity index (χ4n) is 1.13. The van der Waals surface area contributed by atoms with E-state index in [0.29, 0.717) is 0 Å². The number of benzene rings is 1. The lowest BCUT2D eigenvalue weighted by atomic mass is 10.1. The molecule has 0 aliphatic carbocycles. The van der Waals surface area contributed by atoms with Gasteiger partial charge in [-0.15, -0.1) is 0 Å². The quantitative estimate of drug-likeness (QED) is 0.684. The zero-order valence-corrected chi connectivity index (χ0v) is 7.59. The Bertz CT molecular complexity index is 331. The molecule has 3 N–H and O–H groups in total. The molecule has 0 saturated carbocycles. The first-order valence-corrected chi connectivity index (χ1v) is 4.07. The molecule has 0 heterocycles. The summed E-state index contributed by atoms with van der Waals surface area (Å²) in [7, 11) is 1.60. The normalized spacial score (nSPS) is 12.9. The summed E-state index contributed by atoms with van der Waals surface area (Å²) in [6, 6.07) is 2.01. The average Bonchev–Trinajstić information content (AvgIpc) is 2.15. The van der Waals surface area contributed by atoms with E-state index in [2.05, 4.69) is 5.32 Å². The number of phenolic OH excluding ortho intramolecular Hbond substituents is 1. The van der Waals surface area contributed by atoms with Gasteiger partial charge in [-0.05, 0) is 19.2 Å². The SMILES string of the molecule is CNCC(O)c1ccc(F)c(F)c1O. The predicted octanol–water partition coefficient (Wildman–Crippen LogP) is 0.923. The molecule has 14 heavy (non-hydrogen) atoms. The summed E-state index contributed by atoms with van der Waals surface area (Å²) in [5, 5.41) is 21.2. The van der Waals surface area contributed by atoms with Gasteiger partial charge in [0.25, 0.3) is 0 Å². The van der Waals surface area contributed by atoms with E-state index >= 15 is 0 Å². The van der Waals surface area contributed by atoms with Gasteiger partial charge >= 0.3 is 0 Å². The molecule has 0 spiro atoms. The highest BCUT2D eigenvalue weighted by molar-refractivity contribution is 5.36. The first-order valence-electron chi connectivity index (χ1n) is 4.07. The summed E-state index contributed by atoms with van der Waals surface area (Å²) in [4.78, 5) is 0. The van der Waals surface area contributed by atoms with E-state index in [9.17, 15) is 19.0 Å². The smallest absolute Gasteiger partial charge is 0.200 e. The second-order valence-electron chi connectivity index (χ2n) is 2.87. The Balaban J connectivity index is 3.04. The first kappa shape index (κ1) is 10.9. The van der Waals surface area contributed by atoms with E-state index in [-0.39, 0.29) is 12.1 Å². The Morgan fingerprint density at radius 2 is 2.07 bits per heavy atom. The molecule has 1 aromatic carbocycles. The number of rotatable bonds is 3. The zero-order chi connectivity index (χ0) is 10.7. The van der Waals surface area contributed by atoms with Gasteiger partial charge < -0.3 is 15.5 Å². The highest BCUT2D eigenvalue weighted by Gasteiger charge is 2.17. The number of aliphatic hydroxyl groups is 1. The molecule has 3 nitrogen and oxygen atoms in total. The van der Waals surface area contributed by atoms with Crippen LogP contribution in [-0.4, -0.2) is 23.8 Å². The fraction of sp³-hybridized carbons (Fsp3) is 0.333. The van der Waals surface area contributed by atoms with Crippen molar-refractivity contribution in [1.29, 1.82) is 0 Å². The van der Waals surface area contributed by atoms with Crippen LogP contribution in [0.5, 0.6) is 5.75 Å².